The van der Waals surface area contributed by atoms with Crippen molar-refractivity contribution in [1.82, 2.24) is 4.31 Å². The summed E-state index contributed by atoms with van der Waals surface area (Å²) in [5, 5.41) is 0. The standard InChI is InChI=1S/C22H26FNO5S/c1-28-21-11-8-19(23)15-18(21)16-29-22(25)12-7-17-5-9-20(10-6-17)30(26,27)24-13-3-2-4-14-24/h5-6,8-11,15H,2-4,7,12-14,16H2,1H3. The van der Waals surface area contributed by atoms with Crippen molar-refractivity contribution in [2.24, 2.45) is 0 Å². The maximum absolute atomic E-state index is 13.4. The van der Waals surface area contributed by atoms with Crippen LogP contribution in [0.25, 0.3) is 0 Å². The molecule has 3 rings (SSSR count). The number of carbonyl (C=O) groups excluding carboxylic acids is 1. The van der Waals surface area contributed by atoms with E-state index in [9.17, 15) is 17.6 Å². The molecule has 0 radical (unpaired) electrons. The first kappa shape index (κ1) is 22.2. The highest BCUT2D eigenvalue weighted by atomic mass is 32.2. The maximum Gasteiger partial charge on any atom is 0.306 e. The Morgan fingerprint density at radius 1 is 1.07 bits per heavy atom. The smallest absolute Gasteiger partial charge is 0.306 e. The predicted octanol–water partition coefficient (Wildman–Crippen LogP) is 3.68. The number of nitrogens with zero attached hydrogens (tertiary/aromatic N) is 1. The van der Waals surface area contributed by atoms with Gasteiger partial charge in [0, 0.05) is 25.1 Å². The van der Waals surface area contributed by atoms with Crippen molar-refractivity contribution in [2.45, 2.75) is 43.6 Å². The van der Waals surface area contributed by atoms with Crippen molar-refractivity contribution in [2.75, 3.05) is 20.2 Å². The van der Waals surface area contributed by atoms with Crippen molar-refractivity contribution < 1.29 is 27.1 Å². The van der Waals surface area contributed by atoms with Crippen LogP contribution < -0.4 is 4.74 Å². The molecular weight excluding hydrogens is 409 g/mol. The topological polar surface area (TPSA) is 72.9 Å². The lowest BCUT2D eigenvalue weighted by Crippen LogP contribution is -2.35. The normalized spacial score (nSPS) is 15.0. The van der Waals surface area contributed by atoms with Gasteiger partial charge in [0.05, 0.1) is 12.0 Å². The van der Waals surface area contributed by atoms with E-state index in [4.69, 9.17) is 9.47 Å². The number of carbonyl (C=O) groups is 1. The number of hydrogen-bond acceptors (Lipinski definition) is 5. The van der Waals surface area contributed by atoms with E-state index in [2.05, 4.69) is 0 Å². The molecule has 1 heterocycles. The summed E-state index contributed by atoms with van der Waals surface area (Å²) in [4.78, 5) is 12.3. The number of methoxy groups -OCH3 is 1. The minimum absolute atomic E-state index is 0.0766. The number of aryl methyl sites for hydroxylation is 1. The Labute approximate surface area is 176 Å². The zero-order chi connectivity index (χ0) is 21.6. The maximum atomic E-state index is 13.4. The number of rotatable bonds is 8. The second-order valence-electron chi connectivity index (χ2n) is 7.23. The molecule has 2 aromatic carbocycles. The predicted molar refractivity (Wildman–Crippen MR) is 110 cm³/mol. The summed E-state index contributed by atoms with van der Waals surface area (Å²) >= 11 is 0. The van der Waals surface area contributed by atoms with Gasteiger partial charge < -0.3 is 9.47 Å². The Bertz CT molecular complexity index is 970. The van der Waals surface area contributed by atoms with Gasteiger partial charge in [-0.05, 0) is 55.2 Å². The number of esters is 1. The molecule has 30 heavy (non-hydrogen) atoms. The number of halogens is 1. The van der Waals surface area contributed by atoms with Gasteiger partial charge in [0.2, 0.25) is 10.0 Å². The van der Waals surface area contributed by atoms with Crippen molar-refractivity contribution >= 4 is 16.0 Å². The minimum atomic E-state index is -3.46. The monoisotopic (exact) mass is 435 g/mol. The highest BCUT2D eigenvalue weighted by molar-refractivity contribution is 7.89. The van der Waals surface area contributed by atoms with Gasteiger partial charge in [0.1, 0.15) is 18.2 Å². The van der Waals surface area contributed by atoms with E-state index in [0.717, 1.165) is 24.8 Å². The summed E-state index contributed by atoms with van der Waals surface area (Å²) in [5.74, 6) is -0.400. The first-order chi connectivity index (χ1) is 14.4. The van der Waals surface area contributed by atoms with Crippen LogP contribution in [0.15, 0.2) is 47.4 Å². The van der Waals surface area contributed by atoms with Crippen molar-refractivity contribution in [1.29, 1.82) is 0 Å². The van der Waals surface area contributed by atoms with Crippen LogP contribution in [0.2, 0.25) is 0 Å². The Balaban J connectivity index is 1.52. The Kier molecular flexibility index (Phi) is 7.44. The molecule has 0 aliphatic carbocycles. The minimum Gasteiger partial charge on any atom is -0.496 e. The van der Waals surface area contributed by atoms with Gasteiger partial charge in [-0.1, -0.05) is 18.6 Å². The van der Waals surface area contributed by atoms with E-state index in [1.54, 1.807) is 24.3 Å². The molecule has 1 saturated heterocycles. The molecule has 2 aromatic rings. The lowest BCUT2D eigenvalue weighted by Gasteiger charge is -2.25. The van der Waals surface area contributed by atoms with Gasteiger partial charge in [-0.3, -0.25) is 4.79 Å². The summed E-state index contributed by atoms with van der Waals surface area (Å²) in [6.45, 7) is 1.05. The fraction of sp³-hybridized carbons (Fsp3) is 0.409. The third-order valence-corrected chi connectivity index (χ3v) is 7.04. The molecule has 0 amide bonds. The van der Waals surface area contributed by atoms with Crippen molar-refractivity contribution in [3.63, 3.8) is 0 Å². The average Bonchev–Trinajstić information content (AvgIpc) is 2.77. The second kappa shape index (κ2) is 10.0. The zero-order valence-electron chi connectivity index (χ0n) is 17.0. The van der Waals surface area contributed by atoms with Crippen LogP contribution in [0.1, 0.15) is 36.8 Å². The SMILES string of the molecule is COc1ccc(F)cc1COC(=O)CCc1ccc(S(=O)(=O)N2CCCCC2)cc1. The molecule has 0 unspecified atom stereocenters. The van der Waals surface area contributed by atoms with Gasteiger partial charge in [-0.2, -0.15) is 4.31 Å². The molecule has 1 fully saturated rings. The fourth-order valence-electron chi connectivity index (χ4n) is 3.42. The lowest BCUT2D eigenvalue weighted by atomic mass is 10.1. The summed E-state index contributed by atoms with van der Waals surface area (Å²) in [6.07, 6.45) is 3.40. The molecule has 0 spiro atoms. The van der Waals surface area contributed by atoms with Gasteiger partial charge in [0.15, 0.2) is 0 Å². The quantitative estimate of drug-likeness (QED) is 0.592. The highest BCUT2D eigenvalue weighted by Gasteiger charge is 2.25. The van der Waals surface area contributed by atoms with Gasteiger partial charge in [-0.25, -0.2) is 12.8 Å². The van der Waals surface area contributed by atoms with E-state index < -0.39 is 21.8 Å². The van der Waals surface area contributed by atoms with Crippen molar-refractivity contribution in [3.05, 3.63) is 59.4 Å². The van der Waals surface area contributed by atoms with E-state index in [1.807, 2.05) is 0 Å². The molecule has 0 aromatic heterocycles. The molecule has 0 saturated carbocycles. The van der Waals surface area contributed by atoms with Crippen LogP contribution in [-0.4, -0.2) is 38.9 Å². The van der Waals surface area contributed by atoms with Crippen LogP contribution in [-0.2, 0) is 32.6 Å². The second-order valence-corrected chi connectivity index (χ2v) is 9.16. The molecule has 6 nitrogen and oxygen atoms in total. The van der Waals surface area contributed by atoms with E-state index >= 15 is 0 Å². The molecule has 0 atom stereocenters. The highest BCUT2D eigenvalue weighted by Crippen LogP contribution is 2.22. The number of sulfonamides is 1. The fourth-order valence-corrected chi connectivity index (χ4v) is 4.94. The van der Waals surface area contributed by atoms with Gasteiger partial charge in [0.25, 0.3) is 0 Å². The lowest BCUT2D eigenvalue weighted by molar-refractivity contribution is -0.144. The number of ether oxygens (including phenoxy) is 2. The summed E-state index contributed by atoms with van der Waals surface area (Å²) < 4.78 is 50.6. The molecule has 162 valence electrons. The van der Waals surface area contributed by atoms with E-state index in [-0.39, 0.29) is 17.9 Å². The van der Waals surface area contributed by atoms with Crippen LogP contribution in [0.5, 0.6) is 5.75 Å². The zero-order valence-corrected chi connectivity index (χ0v) is 17.8. The van der Waals surface area contributed by atoms with E-state index in [0.29, 0.717) is 30.8 Å². The first-order valence-corrected chi connectivity index (χ1v) is 11.4. The summed E-state index contributed by atoms with van der Waals surface area (Å²) in [7, 11) is -1.99. The number of piperidine rings is 1. The Morgan fingerprint density at radius 3 is 2.43 bits per heavy atom. The molecule has 0 N–H and O–H groups in total. The van der Waals surface area contributed by atoms with E-state index in [1.165, 1.54) is 29.6 Å². The third-order valence-electron chi connectivity index (χ3n) is 5.13. The van der Waals surface area contributed by atoms with Gasteiger partial charge >= 0.3 is 5.97 Å². The molecule has 1 aliphatic heterocycles. The van der Waals surface area contributed by atoms with Crippen molar-refractivity contribution in [3.8, 4) is 5.75 Å². The molecular formula is C22H26FNO5S. The van der Waals surface area contributed by atoms with Crippen LogP contribution in [0, 0.1) is 5.82 Å². The number of hydrogen-bond donors (Lipinski definition) is 0. The average molecular weight is 436 g/mol. The first-order valence-electron chi connectivity index (χ1n) is 9.97. The molecule has 0 bridgehead atoms. The Hall–Kier alpha value is -2.45. The number of benzene rings is 2. The third kappa shape index (κ3) is 5.58. The largest absolute Gasteiger partial charge is 0.496 e. The summed E-state index contributed by atoms with van der Waals surface area (Å²) in [5.41, 5.74) is 1.30. The van der Waals surface area contributed by atoms with Crippen LogP contribution >= 0.6 is 0 Å². The van der Waals surface area contributed by atoms with Crippen LogP contribution in [0.4, 0.5) is 4.39 Å². The molecule has 8 heteroatoms. The van der Waals surface area contributed by atoms with Gasteiger partial charge in [-0.15, -0.1) is 0 Å². The summed E-state index contributed by atoms with van der Waals surface area (Å²) in [6, 6.07) is 10.6. The van der Waals surface area contributed by atoms with Crippen LogP contribution in [0.3, 0.4) is 0 Å². The molecule has 1 aliphatic rings. The Morgan fingerprint density at radius 2 is 1.77 bits per heavy atom.